The summed E-state index contributed by atoms with van der Waals surface area (Å²) in [5.41, 5.74) is 0. The van der Waals surface area contributed by atoms with Gasteiger partial charge in [0.2, 0.25) is 5.91 Å². The molecule has 0 spiro atoms. The lowest BCUT2D eigenvalue weighted by atomic mass is 10.0. The molecule has 0 bridgehead atoms. The number of aliphatic hydroxyl groups is 2. The minimum Gasteiger partial charge on any atom is -0.466 e. The Morgan fingerprint density at radius 3 is 1.15 bits per heavy atom. The number of nitrogens with one attached hydrogen (secondary N) is 1. The lowest BCUT2D eigenvalue weighted by Crippen LogP contribution is -2.45. The number of rotatable bonds is 44. The van der Waals surface area contributed by atoms with E-state index in [0.29, 0.717) is 25.9 Å². The van der Waals surface area contributed by atoms with Crippen LogP contribution in [0.1, 0.15) is 264 Å². The quantitative estimate of drug-likeness (QED) is 0.0425. The molecule has 6 nitrogen and oxygen atoms in total. The van der Waals surface area contributed by atoms with E-state index in [1.165, 1.54) is 173 Å². The van der Waals surface area contributed by atoms with Gasteiger partial charge in [-0.1, -0.05) is 226 Å². The molecular formula is C47H93NO5. The van der Waals surface area contributed by atoms with Crippen LogP contribution in [-0.2, 0) is 14.3 Å². The van der Waals surface area contributed by atoms with Crippen molar-refractivity contribution in [1.82, 2.24) is 5.32 Å². The van der Waals surface area contributed by atoms with Gasteiger partial charge in [-0.3, -0.25) is 9.59 Å². The fourth-order valence-electron chi connectivity index (χ4n) is 7.46. The van der Waals surface area contributed by atoms with Crippen LogP contribution in [0.2, 0.25) is 0 Å². The first-order valence-corrected chi connectivity index (χ1v) is 23.8. The average Bonchev–Trinajstić information content (AvgIpc) is 3.16. The maximum absolute atomic E-state index is 12.4. The highest BCUT2D eigenvalue weighted by Crippen LogP contribution is 2.16. The summed E-state index contributed by atoms with van der Waals surface area (Å²) in [5, 5.41) is 23.0. The molecule has 0 aliphatic heterocycles. The monoisotopic (exact) mass is 752 g/mol. The molecule has 0 rings (SSSR count). The smallest absolute Gasteiger partial charge is 0.305 e. The summed E-state index contributed by atoms with van der Waals surface area (Å²) in [6, 6.07) is -0.557. The molecule has 0 saturated carbocycles. The minimum absolute atomic E-state index is 0.0210. The van der Waals surface area contributed by atoms with E-state index >= 15 is 0 Å². The Kier molecular flexibility index (Phi) is 42.6. The van der Waals surface area contributed by atoms with Crippen molar-refractivity contribution in [1.29, 1.82) is 0 Å². The van der Waals surface area contributed by atoms with Gasteiger partial charge in [-0.15, -0.1) is 0 Å². The molecule has 53 heavy (non-hydrogen) atoms. The predicted octanol–water partition coefficient (Wildman–Crippen LogP) is 13.6. The molecule has 0 aromatic rings. The number of hydrogen-bond acceptors (Lipinski definition) is 5. The maximum atomic E-state index is 12.4. The second-order valence-corrected chi connectivity index (χ2v) is 16.5. The Balaban J connectivity index is 3.42. The molecule has 316 valence electrons. The first-order valence-electron chi connectivity index (χ1n) is 23.8. The zero-order valence-electron chi connectivity index (χ0n) is 35.8. The van der Waals surface area contributed by atoms with E-state index in [9.17, 15) is 19.8 Å². The summed E-state index contributed by atoms with van der Waals surface area (Å²) in [4.78, 5) is 24.4. The maximum Gasteiger partial charge on any atom is 0.305 e. The van der Waals surface area contributed by atoms with Crippen LogP contribution in [0.5, 0.6) is 0 Å². The highest BCUT2D eigenvalue weighted by atomic mass is 16.5. The Morgan fingerprint density at radius 2 is 0.774 bits per heavy atom. The molecule has 0 radical (unpaired) electrons. The number of ether oxygens (including phenoxy) is 1. The number of carbonyl (C=O) groups excluding carboxylic acids is 2. The highest BCUT2D eigenvalue weighted by Gasteiger charge is 2.20. The van der Waals surface area contributed by atoms with Crippen molar-refractivity contribution in [2.24, 2.45) is 0 Å². The molecule has 0 fully saturated rings. The van der Waals surface area contributed by atoms with Gasteiger partial charge in [0.05, 0.1) is 25.4 Å². The van der Waals surface area contributed by atoms with Gasteiger partial charge in [-0.05, 0) is 25.7 Å². The number of esters is 1. The normalized spacial score (nSPS) is 12.6. The van der Waals surface area contributed by atoms with Gasteiger partial charge in [0.15, 0.2) is 0 Å². The van der Waals surface area contributed by atoms with Gasteiger partial charge >= 0.3 is 5.97 Å². The second kappa shape index (κ2) is 43.6. The summed E-state index contributed by atoms with van der Waals surface area (Å²) < 4.78 is 5.45. The van der Waals surface area contributed by atoms with E-state index in [2.05, 4.69) is 19.2 Å². The molecule has 2 unspecified atom stereocenters. The molecule has 0 aromatic carbocycles. The summed E-state index contributed by atoms with van der Waals surface area (Å²) in [7, 11) is 0. The van der Waals surface area contributed by atoms with E-state index < -0.39 is 12.1 Å². The molecule has 0 heterocycles. The lowest BCUT2D eigenvalue weighted by molar-refractivity contribution is -0.143. The summed E-state index contributed by atoms with van der Waals surface area (Å²) in [6.45, 7) is 4.88. The van der Waals surface area contributed by atoms with Crippen molar-refractivity contribution < 1.29 is 24.5 Å². The highest BCUT2D eigenvalue weighted by molar-refractivity contribution is 5.76. The number of unbranched alkanes of at least 4 members (excludes halogenated alkanes) is 33. The zero-order valence-corrected chi connectivity index (χ0v) is 35.8. The Labute approximate surface area is 330 Å². The average molecular weight is 752 g/mol. The first kappa shape index (κ1) is 51.9. The summed E-state index contributed by atoms with van der Waals surface area (Å²) in [6.07, 6.45) is 46.4. The Hall–Kier alpha value is -1.14. The van der Waals surface area contributed by atoms with Crippen LogP contribution in [0.4, 0.5) is 0 Å². The van der Waals surface area contributed by atoms with E-state index in [1.54, 1.807) is 0 Å². The van der Waals surface area contributed by atoms with Crippen molar-refractivity contribution >= 4 is 11.9 Å². The minimum atomic E-state index is -0.677. The van der Waals surface area contributed by atoms with E-state index in [0.717, 1.165) is 57.8 Å². The topological polar surface area (TPSA) is 95.9 Å². The molecule has 6 heteroatoms. The predicted molar refractivity (Wildman–Crippen MR) is 227 cm³/mol. The molecule has 0 aliphatic carbocycles. The lowest BCUT2D eigenvalue weighted by Gasteiger charge is -2.22. The summed E-state index contributed by atoms with van der Waals surface area (Å²) >= 11 is 0. The molecule has 0 aliphatic rings. The largest absolute Gasteiger partial charge is 0.466 e. The van der Waals surface area contributed by atoms with Crippen LogP contribution in [0.25, 0.3) is 0 Å². The molecule has 0 saturated heterocycles. The van der Waals surface area contributed by atoms with Crippen LogP contribution in [0, 0.1) is 0 Å². The third kappa shape index (κ3) is 40.3. The fraction of sp³-hybridized carbons (Fsp3) is 0.957. The van der Waals surface area contributed by atoms with Crippen LogP contribution < -0.4 is 5.32 Å². The van der Waals surface area contributed by atoms with Gasteiger partial charge < -0.3 is 20.3 Å². The molecule has 1 amide bonds. The van der Waals surface area contributed by atoms with Crippen LogP contribution in [-0.4, -0.2) is 47.4 Å². The van der Waals surface area contributed by atoms with Gasteiger partial charge in [0, 0.05) is 12.8 Å². The van der Waals surface area contributed by atoms with Gasteiger partial charge in [0.1, 0.15) is 0 Å². The van der Waals surface area contributed by atoms with E-state index in [-0.39, 0.29) is 18.5 Å². The molecule has 0 aromatic heterocycles. The van der Waals surface area contributed by atoms with E-state index in [1.807, 2.05) is 0 Å². The van der Waals surface area contributed by atoms with Crippen LogP contribution in [0.3, 0.4) is 0 Å². The van der Waals surface area contributed by atoms with E-state index in [4.69, 9.17) is 4.74 Å². The zero-order chi connectivity index (χ0) is 38.7. The molecular weight excluding hydrogens is 659 g/mol. The van der Waals surface area contributed by atoms with Crippen molar-refractivity contribution in [2.75, 3.05) is 13.2 Å². The molecule has 3 N–H and O–H groups in total. The number of carbonyl (C=O) groups is 2. The second-order valence-electron chi connectivity index (χ2n) is 16.5. The standard InChI is InChI=1S/C47H93NO5/c1-3-5-7-9-11-13-14-15-16-17-18-19-20-21-25-29-33-37-41-47(52)53-42-38-34-30-26-22-24-28-32-36-40-46(51)48-44(43-49)45(50)39-35-31-27-23-12-10-8-6-4-2/h44-45,49-50H,3-43H2,1-2H3,(H,48,51). The van der Waals surface area contributed by atoms with Crippen LogP contribution >= 0.6 is 0 Å². The van der Waals surface area contributed by atoms with Gasteiger partial charge in [-0.2, -0.15) is 0 Å². The van der Waals surface area contributed by atoms with Gasteiger partial charge in [-0.25, -0.2) is 0 Å². The number of aliphatic hydroxyl groups excluding tert-OH is 2. The third-order valence-electron chi connectivity index (χ3n) is 11.2. The van der Waals surface area contributed by atoms with Crippen molar-refractivity contribution in [3.8, 4) is 0 Å². The van der Waals surface area contributed by atoms with Crippen molar-refractivity contribution in [2.45, 2.75) is 276 Å². The number of amides is 1. The SMILES string of the molecule is CCCCCCCCCCCCCCCCCCCCC(=O)OCCCCCCCCCCCC(=O)NC(CO)C(O)CCCCCCCCCCC. The van der Waals surface area contributed by atoms with Crippen molar-refractivity contribution in [3.63, 3.8) is 0 Å². The summed E-state index contributed by atoms with van der Waals surface area (Å²) in [5.74, 6) is -0.0846. The third-order valence-corrected chi connectivity index (χ3v) is 11.2. The van der Waals surface area contributed by atoms with Gasteiger partial charge in [0.25, 0.3) is 0 Å². The molecule has 2 atom stereocenters. The Morgan fingerprint density at radius 1 is 0.453 bits per heavy atom. The number of hydrogen-bond donors (Lipinski definition) is 3. The Bertz CT molecular complexity index is 746. The first-order chi connectivity index (χ1) is 26.0. The van der Waals surface area contributed by atoms with Crippen LogP contribution in [0.15, 0.2) is 0 Å². The van der Waals surface area contributed by atoms with Crippen molar-refractivity contribution in [3.05, 3.63) is 0 Å². The fourth-order valence-corrected chi connectivity index (χ4v) is 7.46.